The molecule has 0 saturated carbocycles. The van der Waals surface area contributed by atoms with Crippen LogP contribution in [0.15, 0.2) is 33.2 Å². The maximum absolute atomic E-state index is 5.60. The van der Waals surface area contributed by atoms with Crippen LogP contribution in [-0.2, 0) is 11.3 Å². The Labute approximate surface area is 91.0 Å². The molecule has 1 aromatic carbocycles. The number of ether oxygens (including phenoxy) is 1. The van der Waals surface area contributed by atoms with Crippen molar-refractivity contribution in [3.05, 3.63) is 34.5 Å². The quantitative estimate of drug-likeness (QED) is 0.833. The summed E-state index contributed by atoms with van der Waals surface area (Å²) in [5, 5.41) is 1.10. The summed E-state index contributed by atoms with van der Waals surface area (Å²) < 4.78 is 11.9. The third kappa shape index (κ3) is 1.83. The minimum Gasteiger partial charge on any atom is -0.459 e. The third-order valence-corrected chi connectivity index (χ3v) is 2.70. The Kier molecular flexibility index (Phi) is 2.89. The fourth-order valence-corrected chi connectivity index (χ4v) is 1.81. The number of furan rings is 1. The number of fused-ring (bicyclic) bond motifs is 1. The zero-order valence-corrected chi connectivity index (χ0v) is 9.50. The Morgan fingerprint density at radius 2 is 2.29 bits per heavy atom. The molecule has 2 rings (SSSR count). The first-order valence-corrected chi connectivity index (χ1v) is 5.35. The maximum atomic E-state index is 5.60. The van der Waals surface area contributed by atoms with Gasteiger partial charge in [0.2, 0.25) is 0 Å². The summed E-state index contributed by atoms with van der Waals surface area (Å²) in [7, 11) is 0. The van der Waals surface area contributed by atoms with Crippen LogP contribution in [0.5, 0.6) is 0 Å². The summed E-state index contributed by atoms with van der Waals surface area (Å²) in [5.41, 5.74) is 0.897. The minimum atomic E-state index is 0.539. The van der Waals surface area contributed by atoms with Crippen molar-refractivity contribution in [1.82, 2.24) is 0 Å². The molecular formula is C11H11BrO2. The third-order valence-electron chi connectivity index (χ3n) is 2.01. The Morgan fingerprint density at radius 1 is 1.43 bits per heavy atom. The van der Waals surface area contributed by atoms with E-state index in [0.717, 1.165) is 21.2 Å². The zero-order valence-electron chi connectivity index (χ0n) is 7.92. The van der Waals surface area contributed by atoms with Gasteiger partial charge in [-0.3, -0.25) is 0 Å². The van der Waals surface area contributed by atoms with Crippen LogP contribution in [0.3, 0.4) is 0 Å². The molecule has 74 valence electrons. The van der Waals surface area contributed by atoms with Gasteiger partial charge in [-0.25, -0.2) is 0 Å². The molecule has 3 heteroatoms. The summed E-state index contributed by atoms with van der Waals surface area (Å²) in [5.74, 6) is 0.869. The molecule has 0 spiro atoms. The van der Waals surface area contributed by atoms with Gasteiger partial charge in [0, 0.05) is 16.5 Å². The first-order chi connectivity index (χ1) is 6.81. The predicted octanol–water partition coefficient (Wildman–Crippen LogP) is 3.73. The van der Waals surface area contributed by atoms with E-state index in [0.29, 0.717) is 13.2 Å². The molecular weight excluding hydrogens is 244 g/mol. The number of hydrogen-bond donors (Lipinski definition) is 0. The van der Waals surface area contributed by atoms with Crippen molar-refractivity contribution in [2.45, 2.75) is 13.5 Å². The van der Waals surface area contributed by atoms with Crippen LogP contribution in [0.4, 0.5) is 0 Å². The van der Waals surface area contributed by atoms with Gasteiger partial charge in [-0.1, -0.05) is 22.0 Å². The van der Waals surface area contributed by atoms with Crippen LogP contribution in [0.25, 0.3) is 11.0 Å². The minimum absolute atomic E-state index is 0.539. The van der Waals surface area contributed by atoms with E-state index in [1.807, 2.05) is 31.2 Å². The van der Waals surface area contributed by atoms with E-state index in [4.69, 9.17) is 9.15 Å². The topological polar surface area (TPSA) is 22.4 Å². The summed E-state index contributed by atoms with van der Waals surface area (Å²) in [6.45, 7) is 3.22. The second-order valence-electron chi connectivity index (χ2n) is 3.00. The van der Waals surface area contributed by atoms with Crippen molar-refractivity contribution >= 4 is 26.9 Å². The van der Waals surface area contributed by atoms with E-state index >= 15 is 0 Å². The van der Waals surface area contributed by atoms with Gasteiger partial charge in [0.1, 0.15) is 18.0 Å². The van der Waals surface area contributed by atoms with E-state index in [2.05, 4.69) is 15.9 Å². The fourth-order valence-electron chi connectivity index (χ4n) is 1.35. The summed E-state index contributed by atoms with van der Waals surface area (Å²) >= 11 is 3.48. The van der Waals surface area contributed by atoms with Crippen LogP contribution in [0.2, 0.25) is 0 Å². The SMILES string of the molecule is CCOCc1cc2c(Br)cccc2o1. The highest BCUT2D eigenvalue weighted by atomic mass is 79.9. The molecule has 2 nitrogen and oxygen atoms in total. The average Bonchev–Trinajstić information content (AvgIpc) is 2.59. The molecule has 14 heavy (non-hydrogen) atoms. The highest BCUT2D eigenvalue weighted by molar-refractivity contribution is 9.10. The summed E-state index contributed by atoms with van der Waals surface area (Å²) in [6, 6.07) is 7.92. The van der Waals surface area contributed by atoms with Gasteiger partial charge in [-0.15, -0.1) is 0 Å². The van der Waals surface area contributed by atoms with Crippen molar-refractivity contribution in [2.24, 2.45) is 0 Å². The van der Waals surface area contributed by atoms with Gasteiger partial charge in [0.25, 0.3) is 0 Å². The van der Waals surface area contributed by atoms with E-state index in [1.165, 1.54) is 0 Å². The van der Waals surface area contributed by atoms with Gasteiger partial charge in [-0.05, 0) is 25.1 Å². The van der Waals surface area contributed by atoms with Gasteiger partial charge in [0.15, 0.2) is 0 Å². The number of halogens is 1. The fraction of sp³-hybridized carbons (Fsp3) is 0.273. The van der Waals surface area contributed by atoms with E-state index < -0.39 is 0 Å². The smallest absolute Gasteiger partial charge is 0.135 e. The molecule has 1 aromatic heterocycles. The van der Waals surface area contributed by atoms with Gasteiger partial charge < -0.3 is 9.15 Å². The molecule has 0 aliphatic heterocycles. The van der Waals surface area contributed by atoms with E-state index in [-0.39, 0.29) is 0 Å². The van der Waals surface area contributed by atoms with Crippen molar-refractivity contribution in [3.8, 4) is 0 Å². The molecule has 2 aromatic rings. The molecule has 0 bridgehead atoms. The van der Waals surface area contributed by atoms with Crippen LogP contribution in [0.1, 0.15) is 12.7 Å². The van der Waals surface area contributed by atoms with Gasteiger partial charge >= 0.3 is 0 Å². The van der Waals surface area contributed by atoms with Crippen molar-refractivity contribution in [1.29, 1.82) is 0 Å². The van der Waals surface area contributed by atoms with Crippen molar-refractivity contribution in [2.75, 3.05) is 6.61 Å². The van der Waals surface area contributed by atoms with Gasteiger partial charge in [-0.2, -0.15) is 0 Å². The molecule has 0 fully saturated rings. The second kappa shape index (κ2) is 4.15. The van der Waals surface area contributed by atoms with E-state index in [9.17, 15) is 0 Å². The Bertz CT molecular complexity index is 434. The Hall–Kier alpha value is -0.800. The normalized spacial score (nSPS) is 11.0. The van der Waals surface area contributed by atoms with Crippen LogP contribution >= 0.6 is 15.9 Å². The lowest BCUT2D eigenvalue weighted by molar-refractivity contribution is 0.119. The Morgan fingerprint density at radius 3 is 3.00 bits per heavy atom. The molecule has 0 aliphatic carbocycles. The summed E-state index contributed by atoms with van der Waals surface area (Å²) in [6.07, 6.45) is 0. The van der Waals surface area contributed by atoms with Crippen LogP contribution < -0.4 is 0 Å². The standard InChI is InChI=1S/C11H11BrO2/c1-2-13-7-8-6-9-10(12)4-3-5-11(9)14-8/h3-6H,2,7H2,1H3. The molecule has 0 unspecified atom stereocenters. The average molecular weight is 255 g/mol. The van der Waals surface area contributed by atoms with Crippen molar-refractivity contribution in [3.63, 3.8) is 0 Å². The first-order valence-electron chi connectivity index (χ1n) is 4.56. The highest BCUT2D eigenvalue weighted by Gasteiger charge is 2.05. The molecule has 0 amide bonds. The molecule has 0 radical (unpaired) electrons. The molecule has 0 N–H and O–H groups in total. The molecule has 1 heterocycles. The van der Waals surface area contributed by atoms with Crippen molar-refractivity contribution < 1.29 is 9.15 Å². The van der Waals surface area contributed by atoms with Crippen LogP contribution in [-0.4, -0.2) is 6.61 Å². The van der Waals surface area contributed by atoms with Gasteiger partial charge in [0.05, 0.1) is 0 Å². The molecule has 0 aliphatic rings. The van der Waals surface area contributed by atoms with E-state index in [1.54, 1.807) is 0 Å². The lowest BCUT2D eigenvalue weighted by Crippen LogP contribution is -1.88. The lowest BCUT2D eigenvalue weighted by atomic mass is 10.2. The maximum Gasteiger partial charge on any atom is 0.135 e. The number of hydrogen-bond acceptors (Lipinski definition) is 2. The van der Waals surface area contributed by atoms with Crippen LogP contribution in [0, 0.1) is 0 Å². The number of benzene rings is 1. The lowest BCUT2D eigenvalue weighted by Gasteiger charge is -1.94. The molecule has 0 saturated heterocycles. The summed E-state index contributed by atoms with van der Waals surface area (Å²) in [4.78, 5) is 0. The zero-order chi connectivity index (χ0) is 9.97. The monoisotopic (exact) mass is 254 g/mol. The predicted molar refractivity (Wildman–Crippen MR) is 59.2 cm³/mol. The first kappa shape index (κ1) is 9.74. The largest absolute Gasteiger partial charge is 0.459 e. The highest BCUT2D eigenvalue weighted by Crippen LogP contribution is 2.27. The Balaban J connectivity index is 2.36. The number of rotatable bonds is 3. The second-order valence-corrected chi connectivity index (χ2v) is 3.86. The molecule has 0 atom stereocenters.